The van der Waals surface area contributed by atoms with Crippen molar-refractivity contribution in [3.8, 4) is 11.3 Å². The number of carboxylic acid groups (broad SMARTS) is 1. The normalized spacial score (nSPS) is 10.3. The van der Waals surface area contributed by atoms with Gasteiger partial charge in [0.25, 0.3) is 0 Å². The maximum atomic E-state index is 10.8. The number of hydrogen-bond acceptors (Lipinski definition) is 3. The summed E-state index contributed by atoms with van der Waals surface area (Å²) in [6.45, 7) is 0.476. The molecule has 0 spiro atoms. The molecule has 0 saturated carbocycles. The van der Waals surface area contributed by atoms with Gasteiger partial charge in [0.2, 0.25) is 0 Å². The van der Waals surface area contributed by atoms with Crippen molar-refractivity contribution in [2.75, 3.05) is 7.11 Å². The van der Waals surface area contributed by atoms with Crippen LogP contribution in [0.5, 0.6) is 0 Å². The smallest absolute Gasteiger partial charge is 0.335 e. The number of ether oxygens (including phenoxy) is 1. The molecule has 0 aliphatic rings. The maximum Gasteiger partial charge on any atom is 0.335 e. The van der Waals surface area contributed by atoms with Gasteiger partial charge >= 0.3 is 5.97 Å². The molecule has 0 aliphatic carbocycles. The molecule has 1 heterocycles. The van der Waals surface area contributed by atoms with Crippen molar-refractivity contribution in [3.63, 3.8) is 0 Å². The van der Waals surface area contributed by atoms with Crippen LogP contribution >= 0.6 is 0 Å². The predicted molar refractivity (Wildman–Crippen MR) is 67.3 cm³/mol. The fourth-order valence-electron chi connectivity index (χ4n) is 1.74. The molecule has 1 aromatic heterocycles. The molecule has 0 fully saturated rings. The van der Waals surface area contributed by atoms with Crippen LogP contribution in [0.4, 0.5) is 0 Å². The van der Waals surface area contributed by atoms with Gasteiger partial charge in [0.05, 0.1) is 17.9 Å². The molecule has 0 unspecified atom stereocenters. The Balaban J connectivity index is 2.39. The molecule has 92 valence electrons. The van der Waals surface area contributed by atoms with Crippen LogP contribution in [0.25, 0.3) is 11.3 Å². The minimum Gasteiger partial charge on any atom is -0.478 e. The summed E-state index contributed by atoms with van der Waals surface area (Å²) in [6.07, 6.45) is 1.71. The average molecular weight is 243 g/mol. The number of pyridine rings is 1. The van der Waals surface area contributed by atoms with Crippen LogP contribution in [-0.2, 0) is 11.3 Å². The number of carbonyl (C=O) groups is 1. The van der Waals surface area contributed by atoms with Crippen molar-refractivity contribution in [1.82, 2.24) is 4.98 Å². The van der Waals surface area contributed by atoms with Crippen molar-refractivity contribution in [2.24, 2.45) is 0 Å². The van der Waals surface area contributed by atoms with Gasteiger partial charge in [-0.1, -0.05) is 18.2 Å². The van der Waals surface area contributed by atoms with Gasteiger partial charge in [0, 0.05) is 24.4 Å². The molecule has 4 heteroatoms. The largest absolute Gasteiger partial charge is 0.478 e. The summed E-state index contributed by atoms with van der Waals surface area (Å²) in [7, 11) is 1.63. The molecular weight excluding hydrogens is 230 g/mol. The molecule has 0 saturated heterocycles. The summed E-state index contributed by atoms with van der Waals surface area (Å²) in [5.41, 5.74) is 2.94. The average Bonchev–Trinajstić information content (AvgIpc) is 2.40. The lowest BCUT2D eigenvalue weighted by Crippen LogP contribution is -1.97. The Kier molecular flexibility index (Phi) is 3.69. The van der Waals surface area contributed by atoms with Gasteiger partial charge in [0.15, 0.2) is 0 Å². The van der Waals surface area contributed by atoms with Crippen LogP contribution in [0.3, 0.4) is 0 Å². The molecule has 1 aromatic carbocycles. The summed E-state index contributed by atoms with van der Waals surface area (Å²) < 4.78 is 5.12. The minimum absolute atomic E-state index is 0.267. The van der Waals surface area contributed by atoms with Crippen LogP contribution < -0.4 is 0 Å². The second-order valence-electron chi connectivity index (χ2n) is 3.83. The van der Waals surface area contributed by atoms with E-state index in [1.807, 2.05) is 12.1 Å². The lowest BCUT2D eigenvalue weighted by molar-refractivity contribution is 0.0697. The van der Waals surface area contributed by atoms with E-state index in [2.05, 4.69) is 4.98 Å². The van der Waals surface area contributed by atoms with Gasteiger partial charge < -0.3 is 9.84 Å². The highest BCUT2D eigenvalue weighted by molar-refractivity contribution is 5.88. The van der Waals surface area contributed by atoms with Gasteiger partial charge in [-0.15, -0.1) is 0 Å². The van der Waals surface area contributed by atoms with Crippen LogP contribution in [0, 0.1) is 0 Å². The van der Waals surface area contributed by atoms with Crippen molar-refractivity contribution in [3.05, 3.63) is 53.7 Å². The highest BCUT2D eigenvalue weighted by Gasteiger charge is 2.07. The molecule has 0 radical (unpaired) electrons. The maximum absolute atomic E-state index is 10.8. The summed E-state index contributed by atoms with van der Waals surface area (Å²) in [4.78, 5) is 15.1. The van der Waals surface area contributed by atoms with E-state index in [1.54, 1.807) is 37.6 Å². The molecule has 0 atom stereocenters. The lowest BCUT2D eigenvalue weighted by Gasteiger charge is -2.07. The molecular formula is C14H13NO3. The Bertz CT molecular complexity index is 549. The summed E-state index contributed by atoms with van der Waals surface area (Å²) in [5.74, 6) is -0.931. The SMILES string of the molecule is COCc1cccnc1-c1ccc(C(=O)O)cc1. The van der Waals surface area contributed by atoms with Gasteiger partial charge in [0.1, 0.15) is 0 Å². The lowest BCUT2D eigenvalue weighted by atomic mass is 10.0. The first-order valence-corrected chi connectivity index (χ1v) is 5.49. The second kappa shape index (κ2) is 5.42. The van der Waals surface area contributed by atoms with Crippen LogP contribution in [0.15, 0.2) is 42.6 Å². The highest BCUT2D eigenvalue weighted by Crippen LogP contribution is 2.22. The minimum atomic E-state index is -0.931. The van der Waals surface area contributed by atoms with E-state index in [-0.39, 0.29) is 5.56 Å². The first-order valence-electron chi connectivity index (χ1n) is 5.49. The van der Waals surface area contributed by atoms with Crippen molar-refractivity contribution >= 4 is 5.97 Å². The Morgan fingerprint density at radius 2 is 2.00 bits per heavy atom. The molecule has 18 heavy (non-hydrogen) atoms. The highest BCUT2D eigenvalue weighted by atomic mass is 16.5. The van der Waals surface area contributed by atoms with E-state index in [4.69, 9.17) is 9.84 Å². The van der Waals surface area contributed by atoms with E-state index in [9.17, 15) is 4.79 Å². The molecule has 1 N–H and O–H groups in total. The number of nitrogens with zero attached hydrogens (tertiary/aromatic N) is 1. The molecule has 4 nitrogen and oxygen atoms in total. The number of aromatic carboxylic acids is 1. The van der Waals surface area contributed by atoms with E-state index in [1.165, 1.54) is 0 Å². The molecule has 0 amide bonds. The van der Waals surface area contributed by atoms with Crippen LogP contribution in [0.1, 0.15) is 15.9 Å². The van der Waals surface area contributed by atoms with Crippen molar-refractivity contribution in [2.45, 2.75) is 6.61 Å². The Labute approximate surface area is 105 Å². The summed E-state index contributed by atoms with van der Waals surface area (Å²) in [5, 5.41) is 8.85. The standard InChI is InChI=1S/C14H13NO3/c1-18-9-12-3-2-8-15-13(12)10-4-6-11(7-5-10)14(16)17/h2-8H,9H2,1H3,(H,16,17). The first-order chi connectivity index (χ1) is 8.72. The van der Waals surface area contributed by atoms with Gasteiger partial charge in [-0.3, -0.25) is 4.98 Å². The molecule has 2 rings (SSSR count). The van der Waals surface area contributed by atoms with E-state index in [0.29, 0.717) is 6.61 Å². The third-order valence-corrected chi connectivity index (χ3v) is 2.60. The third kappa shape index (κ3) is 2.55. The molecule has 0 aliphatic heterocycles. The quantitative estimate of drug-likeness (QED) is 0.896. The number of rotatable bonds is 4. The van der Waals surface area contributed by atoms with Crippen molar-refractivity contribution < 1.29 is 14.6 Å². The Morgan fingerprint density at radius 1 is 1.28 bits per heavy atom. The number of methoxy groups -OCH3 is 1. The Hall–Kier alpha value is -2.20. The zero-order valence-electron chi connectivity index (χ0n) is 9.96. The van der Waals surface area contributed by atoms with Gasteiger partial charge in [-0.25, -0.2) is 4.79 Å². The predicted octanol–water partition coefficient (Wildman–Crippen LogP) is 2.59. The fraction of sp³-hybridized carbons (Fsp3) is 0.143. The molecule has 2 aromatic rings. The van der Waals surface area contributed by atoms with Crippen LogP contribution in [-0.4, -0.2) is 23.2 Å². The van der Waals surface area contributed by atoms with E-state index < -0.39 is 5.97 Å². The number of carboxylic acids is 1. The van der Waals surface area contributed by atoms with E-state index in [0.717, 1.165) is 16.8 Å². The first kappa shape index (κ1) is 12.3. The third-order valence-electron chi connectivity index (χ3n) is 2.60. The number of benzene rings is 1. The van der Waals surface area contributed by atoms with Gasteiger partial charge in [-0.05, 0) is 18.2 Å². The van der Waals surface area contributed by atoms with Crippen LogP contribution in [0.2, 0.25) is 0 Å². The topological polar surface area (TPSA) is 59.4 Å². The van der Waals surface area contributed by atoms with Gasteiger partial charge in [-0.2, -0.15) is 0 Å². The zero-order chi connectivity index (χ0) is 13.0. The van der Waals surface area contributed by atoms with Crippen molar-refractivity contribution in [1.29, 1.82) is 0 Å². The molecule has 0 bridgehead atoms. The monoisotopic (exact) mass is 243 g/mol. The summed E-state index contributed by atoms with van der Waals surface area (Å²) in [6, 6.07) is 10.4. The Morgan fingerprint density at radius 3 is 2.61 bits per heavy atom. The number of aromatic nitrogens is 1. The van der Waals surface area contributed by atoms with E-state index >= 15 is 0 Å². The zero-order valence-corrected chi connectivity index (χ0v) is 9.96. The summed E-state index contributed by atoms with van der Waals surface area (Å²) >= 11 is 0. The second-order valence-corrected chi connectivity index (χ2v) is 3.83. The fourth-order valence-corrected chi connectivity index (χ4v) is 1.74. The number of hydrogen-bond donors (Lipinski definition) is 1.